The number of aromatic nitrogens is 2. The number of rotatable bonds is 5. The van der Waals surface area contributed by atoms with E-state index in [1.807, 2.05) is 28.8 Å². The summed E-state index contributed by atoms with van der Waals surface area (Å²) in [6.45, 7) is 2.93. The maximum absolute atomic E-state index is 8.98. The summed E-state index contributed by atoms with van der Waals surface area (Å²) in [6.07, 6.45) is 3.81. The van der Waals surface area contributed by atoms with Crippen molar-refractivity contribution in [3.05, 3.63) is 89.2 Å². The number of nitrogens with zero attached hydrogens (tertiary/aromatic N) is 2. The van der Waals surface area contributed by atoms with Crippen LogP contribution in [-0.2, 0) is 6.54 Å². The second-order valence-corrected chi connectivity index (χ2v) is 7.87. The van der Waals surface area contributed by atoms with Crippen LogP contribution in [0, 0.1) is 5.41 Å². The summed E-state index contributed by atoms with van der Waals surface area (Å²) in [5.41, 5.74) is 3.41. The molecule has 1 aliphatic heterocycles. The number of unbranched alkanes of at least 4 members (excludes halogenated alkanes) is 1. The Kier molecular flexibility index (Phi) is 4.94. The van der Waals surface area contributed by atoms with Gasteiger partial charge in [-0.15, -0.1) is 0 Å². The Morgan fingerprint density at radius 2 is 1.87 bits per heavy atom. The highest BCUT2D eigenvalue weighted by molar-refractivity contribution is 5.91. The number of hydrogen-bond donors (Lipinski definition) is 1. The molecule has 5 nitrogen and oxygen atoms in total. The summed E-state index contributed by atoms with van der Waals surface area (Å²) in [7, 11) is 1.67. The van der Waals surface area contributed by atoms with Crippen molar-refractivity contribution >= 4 is 10.8 Å². The van der Waals surface area contributed by atoms with Crippen molar-refractivity contribution in [2.75, 3.05) is 7.11 Å². The van der Waals surface area contributed by atoms with E-state index in [1.54, 1.807) is 13.4 Å². The maximum atomic E-state index is 8.98. The summed E-state index contributed by atoms with van der Waals surface area (Å²) in [4.78, 5) is 4.64. The van der Waals surface area contributed by atoms with Gasteiger partial charge in [-0.3, -0.25) is 5.41 Å². The summed E-state index contributed by atoms with van der Waals surface area (Å²) < 4.78 is 13.6. The van der Waals surface area contributed by atoms with Crippen LogP contribution in [0.5, 0.6) is 17.4 Å². The Morgan fingerprint density at radius 1 is 1.06 bits per heavy atom. The summed E-state index contributed by atoms with van der Waals surface area (Å²) in [5, 5.41) is 11.2. The van der Waals surface area contributed by atoms with Gasteiger partial charge in [0.1, 0.15) is 23.3 Å². The number of fused-ring (bicyclic) bond motifs is 4. The van der Waals surface area contributed by atoms with Gasteiger partial charge in [0.25, 0.3) is 0 Å². The zero-order valence-electron chi connectivity index (χ0n) is 17.8. The Hall–Kier alpha value is -3.60. The van der Waals surface area contributed by atoms with E-state index < -0.39 is 0 Å². The zero-order valence-corrected chi connectivity index (χ0v) is 17.8. The number of aryl methyl sites for hydroxylation is 1. The molecule has 5 heteroatoms. The lowest BCUT2D eigenvalue weighted by atomic mass is 9.83. The highest BCUT2D eigenvalue weighted by Crippen LogP contribution is 2.47. The fourth-order valence-corrected chi connectivity index (χ4v) is 4.34. The molecule has 0 fully saturated rings. The van der Waals surface area contributed by atoms with Crippen LogP contribution in [0.15, 0.2) is 67.0 Å². The fraction of sp³-hybridized carbons (Fsp3) is 0.231. The highest BCUT2D eigenvalue weighted by Gasteiger charge is 2.33. The predicted molar refractivity (Wildman–Crippen MR) is 121 cm³/mol. The number of ether oxygens (including phenoxy) is 2. The van der Waals surface area contributed by atoms with Gasteiger partial charge in [0, 0.05) is 23.4 Å². The molecule has 1 unspecified atom stereocenters. The number of methoxy groups -OCH3 is 1. The van der Waals surface area contributed by atoms with Gasteiger partial charge in [-0.05, 0) is 29.5 Å². The lowest BCUT2D eigenvalue weighted by molar-refractivity contribution is 0.414. The molecule has 156 valence electrons. The predicted octanol–water partition coefficient (Wildman–Crippen LogP) is 5.61. The molecule has 0 saturated heterocycles. The van der Waals surface area contributed by atoms with E-state index in [-0.39, 0.29) is 5.92 Å². The first-order valence-corrected chi connectivity index (χ1v) is 10.7. The van der Waals surface area contributed by atoms with Crippen LogP contribution in [-0.4, -0.2) is 16.7 Å². The molecule has 0 amide bonds. The quantitative estimate of drug-likeness (QED) is 0.409. The van der Waals surface area contributed by atoms with E-state index >= 15 is 0 Å². The molecular formula is C26H25N3O2. The van der Waals surface area contributed by atoms with E-state index in [1.165, 1.54) is 0 Å². The second-order valence-electron chi connectivity index (χ2n) is 7.87. The van der Waals surface area contributed by atoms with Crippen molar-refractivity contribution in [1.82, 2.24) is 9.55 Å². The molecule has 2 heterocycles. The highest BCUT2D eigenvalue weighted by atomic mass is 16.5. The molecule has 0 radical (unpaired) electrons. The average molecular weight is 412 g/mol. The first-order chi connectivity index (χ1) is 15.2. The number of hydrogen-bond acceptors (Lipinski definition) is 4. The third-order valence-corrected chi connectivity index (χ3v) is 6.00. The molecule has 1 aromatic heterocycles. The van der Waals surface area contributed by atoms with Gasteiger partial charge in [0.05, 0.1) is 12.7 Å². The molecule has 0 aliphatic carbocycles. The minimum atomic E-state index is -0.136. The van der Waals surface area contributed by atoms with E-state index in [9.17, 15) is 0 Å². The van der Waals surface area contributed by atoms with Gasteiger partial charge < -0.3 is 14.0 Å². The fourth-order valence-electron chi connectivity index (χ4n) is 4.34. The Balaban J connectivity index is 1.76. The molecule has 5 rings (SSSR count). The molecule has 1 atom stereocenters. The first kappa shape index (κ1) is 19.4. The Morgan fingerprint density at radius 3 is 2.65 bits per heavy atom. The molecule has 1 aliphatic rings. The molecule has 31 heavy (non-hydrogen) atoms. The average Bonchev–Trinajstić information content (AvgIpc) is 2.82. The van der Waals surface area contributed by atoms with Gasteiger partial charge >= 0.3 is 0 Å². The van der Waals surface area contributed by atoms with Crippen molar-refractivity contribution < 1.29 is 9.47 Å². The lowest BCUT2D eigenvalue weighted by Crippen LogP contribution is -2.30. The molecule has 0 spiro atoms. The Labute approximate surface area is 181 Å². The number of nitrogens with one attached hydrogen (secondary N) is 1. The van der Waals surface area contributed by atoms with Gasteiger partial charge in [-0.25, -0.2) is 4.98 Å². The number of benzene rings is 3. The molecule has 3 aromatic carbocycles. The van der Waals surface area contributed by atoms with Crippen LogP contribution in [0.3, 0.4) is 0 Å². The molecular weight excluding hydrogens is 386 g/mol. The summed E-state index contributed by atoms with van der Waals surface area (Å²) in [5.74, 6) is 2.01. The minimum absolute atomic E-state index is 0.136. The largest absolute Gasteiger partial charge is 0.497 e. The Bertz CT molecular complexity index is 1310. The third-order valence-electron chi connectivity index (χ3n) is 6.00. The molecule has 0 saturated carbocycles. The van der Waals surface area contributed by atoms with E-state index in [4.69, 9.17) is 14.9 Å². The topological polar surface area (TPSA) is 60.1 Å². The first-order valence-electron chi connectivity index (χ1n) is 10.7. The normalized spacial score (nSPS) is 14.6. The minimum Gasteiger partial charge on any atom is -0.497 e. The van der Waals surface area contributed by atoms with Crippen molar-refractivity contribution in [3.63, 3.8) is 0 Å². The van der Waals surface area contributed by atoms with Crippen LogP contribution >= 0.6 is 0 Å². The second kappa shape index (κ2) is 7.91. The summed E-state index contributed by atoms with van der Waals surface area (Å²) in [6, 6.07) is 20.6. The standard InChI is InChI=1S/C26H25N3O2/c1-3-4-15-29-16-28-26-23(25(29)27)22(18-9-12-19(30-2)13-10-18)21-14-11-17-7-5-6-8-20(17)24(21)31-26/h5-14,16,22,27H,3-4,15H2,1-2H3. The third kappa shape index (κ3) is 3.26. The van der Waals surface area contributed by atoms with Crippen LogP contribution in [0.1, 0.15) is 42.4 Å². The van der Waals surface area contributed by atoms with Gasteiger partial charge in [-0.2, -0.15) is 0 Å². The summed E-state index contributed by atoms with van der Waals surface area (Å²) >= 11 is 0. The van der Waals surface area contributed by atoms with E-state index in [0.29, 0.717) is 11.4 Å². The van der Waals surface area contributed by atoms with E-state index in [2.05, 4.69) is 48.3 Å². The SMILES string of the molecule is CCCCn1cnc2c(c1=N)C(c1ccc(OC)cc1)c1ccc3ccccc3c1O2. The molecule has 1 N–H and O–H groups in total. The van der Waals surface area contributed by atoms with Gasteiger partial charge in [-0.1, -0.05) is 61.9 Å². The van der Waals surface area contributed by atoms with Crippen molar-refractivity contribution in [1.29, 1.82) is 5.41 Å². The van der Waals surface area contributed by atoms with Crippen molar-refractivity contribution in [2.45, 2.75) is 32.2 Å². The van der Waals surface area contributed by atoms with E-state index in [0.717, 1.165) is 58.3 Å². The molecule has 4 aromatic rings. The molecule has 0 bridgehead atoms. The maximum Gasteiger partial charge on any atom is 0.228 e. The monoisotopic (exact) mass is 411 g/mol. The van der Waals surface area contributed by atoms with Gasteiger partial charge in [0.15, 0.2) is 0 Å². The van der Waals surface area contributed by atoms with Crippen LogP contribution < -0.4 is 15.0 Å². The van der Waals surface area contributed by atoms with Gasteiger partial charge in [0.2, 0.25) is 5.88 Å². The van der Waals surface area contributed by atoms with Crippen LogP contribution in [0.2, 0.25) is 0 Å². The van der Waals surface area contributed by atoms with Crippen molar-refractivity contribution in [2.24, 2.45) is 0 Å². The van der Waals surface area contributed by atoms with Crippen LogP contribution in [0.25, 0.3) is 10.8 Å². The smallest absolute Gasteiger partial charge is 0.228 e. The lowest BCUT2D eigenvalue weighted by Gasteiger charge is -2.29. The van der Waals surface area contributed by atoms with Crippen molar-refractivity contribution in [3.8, 4) is 17.4 Å². The zero-order chi connectivity index (χ0) is 21.4. The van der Waals surface area contributed by atoms with Crippen LogP contribution in [0.4, 0.5) is 0 Å².